The zero-order valence-corrected chi connectivity index (χ0v) is 17.7. The Kier molecular flexibility index (Phi) is 12.2. The van der Waals surface area contributed by atoms with Crippen molar-refractivity contribution in [2.75, 3.05) is 24.6 Å². The molecule has 10 heteroatoms. The third kappa shape index (κ3) is 16.1. The first-order valence-corrected chi connectivity index (χ1v) is 10.9. The van der Waals surface area contributed by atoms with Gasteiger partial charge < -0.3 is 10.6 Å². The highest BCUT2D eigenvalue weighted by Gasteiger charge is 2.17. The van der Waals surface area contributed by atoms with Crippen LogP contribution in [0.1, 0.15) is 41.0 Å². The Hall–Kier alpha value is -1.42. The van der Waals surface area contributed by atoms with E-state index >= 15 is 0 Å². The molecule has 0 aliphatic carbocycles. The molecule has 0 bridgehead atoms. The van der Waals surface area contributed by atoms with Crippen LogP contribution < -0.4 is 21.3 Å². The highest BCUT2D eigenvalue weighted by atomic mass is 33.1. The van der Waals surface area contributed by atoms with Crippen molar-refractivity contribution in [2.45, 2.75) is 41.0 Å². The molecule has 0 atom stereocenters. The lowest BCUT2D eigenvalue weighted by Gasteiger charge is -2.16. The first kappa shape index (κ1) is 24.6. The van der Waals surface area contributed by atoms with Crippen molar-refractivity contribution in [3.05, 3.63) is 0 Å². The molecule has 0 aliphatic heterocycles. The van der Waals surface area contributed by atoms with Gasteiger partial charge in [-0.1, -0.05) is 56.2 Å². The van der Waals surface area contributed by atoms with Crippen molar-refractivity contribution >= 4 is 45.5 Å². The molecule has 0 fully saturated rings. The van der Waals surface area contributed by atoms with Gasteiger partial charge >= 0.3 is 12.1 Å². The fourth-order valence-corrected chi connectivity index (χ4v) is 3.30. The van der Waals surface area contributed by atoms with Crippen LogP contribution in [0.15, 0.2) is 0 Å². The number of amides is 6. The van der Waals surface area contributed by atoms with Crippen LogP contribution in [0.4, 0.5) is 9.59 Å². The van der Waals surface area contributed by atoms with Gasteiger partial charge in [0.15, 0.2) is 0 Å². The molecular formula is C16H30N4O4S2. The summed E-state index contributed by atoms with van der Waals surface area (Å²) in [6.07, 6.45) is 0.269. The average molecular weight is 407 g/mol. The van der Waals surface area contributed by atoms with Crippen molar-refractivity contribution < 1.29 is 19.2 Å². The Morgan fingerprint density at radius 1 is 0.885 bits per heavy atom. The maximum absolute atomic E-state index is 11.6. The van der Waals surface area contributed by atoms with Crippen LogP contribution in [0.2, 0.25) is 0 Å². The van der Waals surface area contributed by atoms with Crippen LogP contribution >= 0.6 is 21.6 Å². The number of imide groups is 2. The maximum atomic E-state index is 11.6. The number of carbonyl (C=O) groups excluding carboxylic acids is 4. The smallest absolute Gasteiger partial charge is 0.321 e. The van der Waals surface area contributed by atoms with E-state index in [1.54, 1.807) is 0 Å². The zero-order chi connectivity index (χ0) is 20.2. The molecule has 0 aromatic heterocycles. The monoisotopic (exact) mass is 406 g/mol. The van der Waals surface area contributed by atoms with Crippen LogP contribution in [0.5, 0.6) is 0 Å². The van der Waals surface area contributed by atoms with Gasteiger partial charge in [-0.25, -0.2) is 9.59 Å². The van der Waals surface area contributed by atoms with Gasteiger partial charge in [-0.3, -0.25) is 20.2 Å². The molecule has 6 amide bonds. The summed E-state index contributed by atoms with van der Waals surface area (Å²) in [5.74, 6) is 0.329. The van der Waals surface area contributed by atoms with Gasteiger partial charge in [0.05, 0.1) is 5.75 Å². The fraction of sp³-hybridized carbons (Fsp3) is 0.750. The second kappa shape index (κ2) is 12.9. The summed E-state index contributed by atoms with van der Waals surface area (Å²) in [7, 11) is 2.68. The molecule has 0 heterocycles. The van der Waals surface area contributed by atoms with Crippen LogP contribution in [-0.4, -0.2) is 48.5 Å². The molecule has 0 aliphatic rings. The number of urea groups is 2. The number of rotatable bonds is 9. The topological polar surface area (TPSA) is 116 Å². The Morgan fingerprint density at radius 3 is 2.04 bits per heavy atom. The second-order valence-electron chi connectivity index (χ2n) is 7.28. The number of nitrogens with one attached hydrogen (secondary N) is 4. The van der Waals surface area contributed by atoms with E-state index < -0.39 is 12.1 Å². The molecule has 0 rings (SSSR count). The van der Waals surface area contributed by atoms with Crippen molar-refractivity contribution in [1.82, 2.24) is 21.3 Å². The minimum Gasteiger partial charge on any atom is -0.338 e. The minimum absolute atomic E-state index is 0.135. The van der Waals surface area contributed by atoms with Gasteiger partial charge in [-0.2, -0.15) is 0 Å². The molecule has 0 spiro atoms. The van der Waals surface area contributed by atoms with E-state index in [1.807, 2.05) is 34.6 Å². The van der Waals surface area contributed by atoms with Crippen molar-refractivity contribution in [2.24, 2.45) is 11.3 Å². The predicted octanol–water partition coefficient (Wildman–Crippen LogP) is 2.11. The van der Waals surface area contributed by atoms with Crippen molar-refractivity contribution in [1.29, 1.82) is 0 Å². The lowest BCUT2D eigenvalue weighted by atomic mass is 9.92. The van der Waals surface area contributed by atoms with E-state index in [0.717, 1.165) is 0 Å². The van der Waals surface area contributed by atoms with E-state index in [9.17, 15) is 19.2 Å². The summed E-state index contributed by atoms with van der Waals surface area (Å²) < 4.78 is 0. The molecule has 0 saturated carbocycles. The Bertz CT molecular complexity index is 493. The summed E-state index contributed by atoms with van der Waals surface area (Å²) in [5, 5.41) is 9.69. The fourth-order valence-electron chi connectivity index (χ4n) is 1.56. The Morgan fingerprint density at radius 2 is 1.46 bits per heavy atom. The Labute approximate surface area is 163 Å². The molecule has 4 N–H and O–H groups in total. The lowest BCUT2D eigenvalue weighted by Crippen LogP contribution is -2.41. The average Bonchev–Trinajstić information content (AvgIpc) is 2.46. The summed E-state index contributed by atoms with van der Waals surface area (Å²) in [6, 6.07) is -1.02. The standard InChI is InChI=1S/C16H30N4O4S2/c1-11(2)9-18-15(24)20-13(22)10-26-25-7-6-17-14(23)19-12(21)8-16(3,4)5/h11H,6-10H2,1-5H3,(H2,17,19,21,23)(H2,18,20,22,24). The summed E-state index contributed by atoms with van der Waals surface area (Å²) in [6.45, 7) is 10.6. The highest BCUT2D eigenvalue weighted by Crippen LogP contribution is 2.19. The van der Waals surface area contributed by atoms with Gasteiger partial charge in [0, 0.05) is 25.3 Å². The normalized spacial score (nSPS) is 11.0. The largest absolute Gasteiger partial charge is 0.338 e. The quantitative estimate of drug-likeness (QED) is 0.344. The first-order valence-electron chi connectivity index (χ1n) is 8.39. The van der Waals surface area contributed by atoms with Gasteiger partial charge in [0.2, 0.25) is 11.8 Å². The van der Waals surface area contributed by atoms with Crippen LogP contribution in [0, 0.1) is 11.3 Å². The second-order valence-corrected chi connectivity index (χ2v) is 9.86. The van der Waals surface area contributed by atoms with Crippen molar-refractivity contribution in [3.63, 3.8) is 0 Å². The summed E-state index contributed by atoms with van der Waals surface area (Å²) in [4.78, 5) is 46.1. The molecule has 26 heavy (non-hydrogen) atoms. The molecule has 8 nitrogen and oxygen atoms in total. The van der Waals surface area contributed by atoms with E-state index in [0.29, 0.717) is 24.8 Å². The molecule has 0 aromatic rings. The van der Waals surface area contributed by atoms with E-state index in [-0.39, 0.29) is 29.4 Å². The highest BCUT2D eigenvalue weighted by molar-refractivity contribution is 8.76. The van der Waals surface area contributed by atoms with Gasteiger partial charge in [0.25, 0.3) is 0 Å². The maximum Gasteiger partial charge on any atom is 0.321 e. The number of hydrogen-bond donors (Lipinski definition) is 4. The van der Waals surface area contributed by atoms with Gasteiger partial charge in [0.1, 0.15) is 0 Å². The molecule has 150 valence electrons. The van der Waals surface area contributed by atoms with Gasteiger partial charge in [-0.15, -0.1) is 0 Å². The lowest BCUT2D eigenvalue weighted by molar-refractivity contribution is -0.121. The van der Waals surface area contributed by atoms with Crippen molar-refractivity contribution in [3.8, 4) is 0 Å². The van der Waals surface area contributed by atoms with E-state index in [2.05, 4.69) is 21.3 Å². The third-order valence-electron chi connectivity index (χ3n) is 2.61. The predicted molar refractivity (Wildman–Crippen MR) is 107 cm³/mol. The zero-order valence-electron chi connectivity index (χ0n) is 16.1. The molecule has 0 saturated heterocycles. The molecular weight excluding hydrogens is 376 g/mol. The molecule has 0 unspecified atom stereocenters. The van der Waals surface area contributed by atoms with Crippen LogP contribution in [0.3, 0.4) is 0 Å². The molecule has 0 radical (unpaired) electrons. The van der Waals surface area contributed by atoms with E-state index in [4.69, 9.17) is 0 Å². The number of carbonyl (C=O) groups is 4. The summed E-state index contributed by atoms with van der Waals surface area (Å²) in [5.41, 5.74) is -0.177. The SMILES string of the molecule is CC(C)CNC(=O)NC(=O)CSSCCNC(=O)NC(=O)CC(C)(C)C. The Balaban J connectivity index is 3.68. The number of hydrogen-bond acceptors (Lipinski definition) is 6. The summed E-state index contributed by atoms with van der Waals surface area (Å²) >= 11 is 0. The minimum atomic E-state index is -0.524. The van der Waals surface area contributed by atoms with Gasteiger partial charge in [-0.05, 0) is 11.3 Å². The third-order valence-corrected chi connectivity index (χ3v) is 4.88. The van der Waals surface area contributed by atoms with Crippen LogP contribution in [-0.2, 0) is 9.59 Å². The first-order chi connectivity index (χ1) is 12.0. The van der Waals surface area contributed by atoms with Crippen LogP contribution in [0.25, 0.3) is 0 Å². The van der Waals surface area contributed by atoms with E-state index in [1.165, 1.54) is 21.6 Å². The molecule has 0 aromatic carbocycles.